The quantitative estimate of drug-likeness (QED) is 0.597. The molecule has 1 aromatic rings. The number of methoxy groups -OCH3 is 1. The molecule has 0 fully saturated rings. The van der Waals surface area contributed by atoms with Gasteiger partial charge in [-0.3, -0.25) is 0 Å². The third kappa shape index (κ3) is 2.98. The zero-order chi connectivity index (χ0) is 12.0. The van der Waals surface area contributed by atoms with E-state index >= 15 is 0 Å². The van der Waals surface area contributed by atoms with Crippen molar-refractivity contribution in [3.05, 3.63) is 34.9 Å². The Bertz CT molecular complexity index is 424. The van der Waals surface area contributed by atoms with Gasteiger partial charge in [0.1, 0.15) is 0 Å². The van der Waals surface area contributed by atoms with Crippen molar-refractivity contribution in [2.45, 2.75) is 12.8 Å². The summed E-state index contributed by atoms with van der Waals surface area (Å²) in [5, 5.41) is 8.76. The zero-order valence-corrected chi connectivity index (χ0v) is 9.75. The minimum Gasteiger partial charge on any atom is -0.465 e. The SMILES string of the molecule is COC(=O)c1cc(C#N)ccc1CCCCl. The number of hydrogen-bond donors (Lipinski definition) is 0. The molecular formula is C12H12ClNO2. The van der Waals surface area contributed by atoms with Crippen molar-refractivity contribution in [3.8, 4) is 6.07 Å². The van der Waals surface area contributed by atoms with Crippen LogP contribution in [0.1, 0.15) is 27.9 Å². The molecular weight excluding hydrogens is 226 g/mol. The van der Waals surface area contributed by atoms with E-state index in [2.05, 4.69) is 4.74 Å². The van der Waals surface area contributed by atoms with Crippen LogP contribution in [0, 0.1) is 11.3 Å². The lowest BCUT2D eigenvalue weighted by atomic mass is 10.0. The van der Waals surface area contributed by atoms with Crippen molar-refractivity contribution in [2.75, 3.05) is 13.0 Å². The molecule has 0 aliphatic heterocycles. The maximum absolute atomic E-state index is 11.5. The predicted octanol–water partition coefficient (Wildman–Crippen LogP) is 2.52. The van der Waals surface area contributed by atoms with Gasteiger partial charge in [0.25, 0.3) is 0 Å². The molecule has 0 saturated heterocycles. The molecule has 16 heavy (non-hydrogen) atoms. The first-order valence-corrected chi connectivity index (χ1v) is 5.43. The number of rotatable bonds is 4. The zero-order valence-electron chi connectivity index (χ0n) is 9.00. The van der Waals surface area contributed by atoms with Gasteiger partial charge in [0.2, 0.25) is 0 Å². The second-order valence-corrected chi connectivity index (χ2v) is 3.65. The van der Waals surface area contributed by atoms with Crippen LogP contribution >= 0.6 is 11.6 Å². The Labute approximate surface area is 99.6 Å². The summed E-state index contributed by atoms with van der Waals surface area (Å²) >= 11 is 5.61. The fourth-order valence-corrected chi connectivity index (χ4v) is 1.55. The minimum atomic E-state index is -0.415. The number of esters is 1. The Balaban J connectivity index is 3.07. The molecule has 0 spiro atoms. The summed E-state index contributed by atoms with van der Waals surface area (Å²) < 4.78 is 4.68. The number of nitrogens with zero attached hydrogens (tertiary/aromatic N) is 1. The lowest BCUT2D eigenvalue weighted by Crippen LogP contribution is -2.06. The Kier molecular flexibility index (Phi) is 4.81. The van der Waals surface area contributed by atoms with E-state index in [0.29, 0.717) is 23.4 Å². The van der Waals surface area contributed by atoms with E-state index in [0.717, 1.165) is 12.0 Å². The molecule has 0 aliphatic rings. The number of nitriles is 1. The number of benzene rings is 1. The molecule has 0 unspecified atom stereocenters. The number of hydrogen-bond acceptors (Lipinski definition) is 3. The normalized spacial score (nSPS) is 9.56. The number of carbonyl (C=O) groups excluding carboxylic acids is 1. The first-order chi connectivity index (χ1) is 7.72. The number of ether oxygens (including phenoxy) is 1. The standard InChI is InChI=1S/C12H12ClNO2/c1-16-12(15)11-7-9(8-14)4-5-10(11)3-2-6-13/h4-5,7H,2-3,6H2,1H3. The van der Waals surface area contributed by atoms with E-state index in [1.807, 2.05) is 6.07 Å². The highest BCUT2D eigenvalue weighted by Crippen LogP contribution is 2.15. The topological polar surface area (TPSA) is 50.1 Å². The Morgan fingerprint density at radius 2 is 2.31 bits per heavy atom. The van der Waals surface area contributed by atoms with Crippen LogP contribution in [-0.2, 0) is 11.2 Å². The number of alkyl halides is 1. The molecule has 84 valence electrons. The van der Waals surface area contributed by atoms with Crippen molar-refractivity contribution >= 4 is 17.6 Å². The molecule has 1 aromatic carbocycles. The molecule has 0 saturated carbocycles. The molecule has 0 aromatic heterocycles. The van der Waals surface area contributed by atoms with E-state index in [1.165, 1.54) is 7.11 Å². The molecule has 4 heteroatoms. The van der Waals surface area contributed by atoms with Crippen LogP contribution in [-0.4, -0.2) is 19.0 Å². The monoisotopic (exact) mass is 237 g/mol. The fourth-order valence-electron chi connectivity index (χ4n) is 1.42. The number of halogens is 1. The predicted molar refractivity (Wildman–Crippen MR) is 61.5 cm³/mol. The summed E-state index contributed by atoms with van der Waals surface area (Å²) in [5.41, 5.74) is 1.77. The van der Waals surface area contributed by atoms with E-state index in [4.69, 9.17) is 16.9 Å². The van der Waals surface area contributed by atoms with Crippen LogP contribution in [0.3, 0.4) is 0 Å². The maximum Gasteiger partial charge on any atom is 0.338 e. The van der Waals surface area contributed by atoms with Gasteiger partial charge in [0, 0.05) is 5.88 Å². The molecule has 0 heterocycles. The summed E-state index contributed by atoms with van der Waals surface area (Å²) in [5.74, 6) is 0.127. The van der Waals surface area contributed by atoms with Gasteiger partial charge >= 0.3 is 5.97 Å². The van der Waals surface area contributed by atoms with Crippen molar-refractivity contribution < 1.29 is 9.53 Å². The second-order valence-electron chi connectivity index (χ2n) is 3.27. The summed E-state index contributed by atoms with van der Waals surface area (Å²) in [4.78, 5) is 11.5. The van der Waals surface area contributed by atoms with Gasteiger partial charge < -0.3 is 4.74 Å². The molecule has 0 amide bonds. The van der Waals surface area contributed by atoms with Gasteiger partial charge in [-0.15, -0.1) is 11.6 Å². The highest BCUT2D eigenvalue weighted by Gasteiger charge is 2.12. The highest BCUT2D eigenvalue weighted by atomic mass is 35.5. The Morgan fingerprint density at radius 3 is 2.88 bits per heavy atom. The lowest BCUT2D eigenvalue weighted by molar-refractivity contribution is 0.0599. The van der Waals surface area contributed by atoms with E-state index < -0.39 is 5.97 Å². The van der Waals surface area contributed by atoms with Crippen LogP contribution in [0.2, 0.25) is 0 Å². The fraction of sp³-hybridized carbons (Fsp3) is 0.333. The summed E-state index contributed by atoms with van der Waals surface area (Å²) in [7, 11) is 1.33. The molecule has 1 rings (SSSR count). The molecule has 0 atom stereocenters. The van der Waals surface area contributed by atoms with Gasteiger partial charge in [-0.25, -0.2) is 4.79 Å². The summed E-state index contributed by atoms with van der Waals surface area (Å²) in [6, 6.07) is 7.01. The average molecular weight is 238 g/mol. The number of carbonyl (C=O) groups is 1. The third-order valence-corrected chi connectivity index (χ3v) is 2.49. The van der Waals surface area contributed by atoms with Crippen LogP contribution in [0.25, 0.3) is 0 Å². The largest absolute Gasteiger partial charge is 0.465 e. The molecule has 0 N–H and O–H groups in total. The van der Waals surface area contributed by atoms with E-state index in [1.54, 1.807) is 18.2 Å². The van der Waals surface area contributed by atoms with Crippen molar-refractivity contribution in [1.29, 1.82) is 5.26 Å². The molecule has 3 nitrogen and oxygen atoms in total. The second kappa shape index (κ2) is 6.14. The molecule has 0 radical (unpaired) electrons. The maximum atomic E-state index is 11.5. The first-order valence-electron chi connectivity index (χ1n) is 4.90. The van der Waals surface area contributed by atoms with Crippen LogP contribution in [0.4, 0.5) is 0 Å². The van der Waals surface area contributed by atoms with Gasteiger partial charge in [-0.2, -0.15) is 5.26 Å². The lowest BCUT2D eigenvalue weighted by Gasteiger charge is -2.07. The Hall–Kier alpha value is -1.53. The van der Waals surface area contributed by atoms with Crippen LogP contribution in [0.15, 0.2) is 18.2 Å². The van der Waals surface area contributed by atoms with Gasteiger partial charge in [-0.1, -0.05) is 6.07 Å². The van der Waals surface area contributed by atoms with E-state index in [9.17, 15) is 4.79 Å². The first kappa shape index (κ1) is 12.5. The Morgan fingerprint density at radius 1 is 1.56 bits per heavy atom. The number of aryl methyl sites for hydroxylation is 1. The van der Waals surface area contributed by atoms with Crippen molar-refractivity contribution in [3.63, 3.8) is 0 Å². The van der Waals surface area contributed by atoms with Crippen molar-refractivity contribution in [1.82, 2.24) is 0 Å². The van der Waals surface area contributed by atoms with Gasteiger partial charge in [0.05, 0.1) is 24.3 Å². The van der Waals surface area contributed by atoms with Gasteiger partial charge in [0.15, 0.2) is 0 Å². The van der Waals surface area contributed by atoms with Crippen molar-refractivity contribution in [2.24, 2.45) is 0 Å². The highest BCUT2D eigenvalue weighted by molar-refractivity contribution is 6.17. The van der Waals surface area contributed by atoms with E-state index in [-0.39, 0.29) is 0 Å². The average Bonchev–Trinajstić information content (AvgIpc) is 2.35. The molecule has 0 aliphatic carbocycles. The summed E-state index contributed by atoms with van der Waals surface area (Å²) in [6.07, 6.45) is 1.50. The van der Waals surface area contributed by atoms with Gasteiger partial charge in [-0.05, 0) is 30.5 Å². The molecule has 0 bridgehead atoms. The smallest absolute Gasteiger partial charge is 0.338 e. The van der Waals surface area contributed by atoms with Crippen LogP contribution < -0.4 is 0 Å². The third-order valence-electron chi connectivity index (χ3n) is 2.22. The minimum absolute atomic E-state index is 0.415. The summed E-state index contributed by atoms with van der Waals surface area (Å²) in [6.45, 7) is 0. The van der Waals surface area contributed by atoms with Crippen LogP contribution in [0.5, 0.6) is 0 Å².